The Labute approximate surface area is 153 Å². The minimum absolute atomic E-state index is 0.00740. The fourth-order valence-electron chi connectivity index (χ4n) is 3.18. The molecule has 0 radical (unpaired) electrons. The van der Waals surface area contributed by atoms with Crippen molar-refractivity contribution in [1.29, 1.82) is 0 Å². The number of carbonyl (C=O) groups is 2. The van der Waals surface area contributed by atoms with Crippen molar-refractivity contribution in [3.05, 3.63) is 29.6 Å². The van der Waals surface area contributed by atoms with Crippen LogP contribution in [0.2, 0.25) is 0 Å². The third-order valence-electron chi connectivity index (χ3n) is 4.74. The van der Waals surface area contributed by atoms with Gasteiger partial charge in [0.25, 0.3) is 5.91 Å². The largest absolute Gasteiger partial charge is 0.491 e. The Morgan fingerprint density at radius 1 is 1.35 bits per heavy atom. The Morgan fingerprint density at radius 2 is 2.08 bits per heavy atom. The van der Waals surface area contributed by atoms with Gasteiger partial charge in [-0.25, -0.2) is 4.39 Å². The van der Waals surface area contributed by atoms with Crippen molar-refractivity contribution in [3.63, 3.8) is 0 Å². The minimum atomic E-state index is -0.501. The molecule has 26 heavy (non-hydrogen) atoms. The number of rotatable bonds is 8. The molecule has 0 saturated carbocycles. The van der Waals surface area contributed by atoms with E-state index in [9.17, 15) is 14.0 Å². The van der Waals surface area contributed by atoms with Gasteiger partial charge in [0.05, 0.1) is 5.56 Å². The molecule has 1 heterocycles. The molecule has 7 nitrogen and oxygen atoms in total. The lowest BCUT2D eigenvalue weighted by Gasteiger charge is -2.25. The highest BCUT2D eigenvalue weighted by Gasteiger charge is 2.31. The average molecular weight is 366 g/mol. The van der Waals surface area contributed by atoms with Crippen LogP contribution in [0.1, 0.15) is 29.6 Å². The number of nitrogens with one attached hydrogen (secondary N) is 2. The summed E-state index contributed by atoms with van der Waals surface area (Å²) in [5, 5.41) is 5.48. The summed E-state index contributed by atoms with van der Waals surface area (Å²) < 4.78 is 19.0. The molecular formula is C18H27FN4O3. The van der Waals surface area contributed by atoms with Crippen molar-refractivity contribution in [2.45, 2.75) is 31.3 Å². The van der Waals surface area contributed by atoms with E-state index in [1.54, 1.807) is 7.05 Å². The Morgan fingerprint density at radius 3 is 2.77 bits per heavy atom. The lowest BCUT2D eigenvalue weighted by Crippen LogP contribution is -2.42. The van der Waals surface area contributed by atoms with Gasteiger partial charge in [-0.2, -0.15) is 0 Å². The second-order valence-electron chi connectivity index (χ2n) is 6.42. The molecule has 0 spiro atoms. The topological polar surface area (TPSA) is 96.7 Å². The lowest BCUT2D eigenvalue weighted by atomic mass is 10.1. The summed E-state index contributed by atoms with van der Waals surface area (Å²) in [4.78, 5) is 26.2. The van der Waals surface area contributed by atoms with Crippen LogP contribution in [0, 0.1) is 5.82 Å². The van der Waals surface area contributed by atoms with Crippen LogP contribution in [0.15, 0.2) is 18.2 Å². The van der Waals surface area contributed by atoms with Crippen LogP contribution in [0.25, 0.3) is 0 Å². The molecule has 1 fully saturated rings. The van der Waals surface area contributed by atoms with Gasteiger partial charge >= 0.3 is 0 Å². The highest BCUT2D eigenvalue weighted by molar-refractivity contribution is 5.97. The first kappa shape index (κ1) is 20.1. The van der Waals surface area contributed by atoms with Crippen LogP contribution in [0.4, 0.5) is 4.39 Å². The quantitative estimate of drug-likeness (QED) is 0.622. The Bertz CT molecular complexity index is 641. The standard InChI is InChI=1S/C18H27FN4O3/c1-21-17(24)10-13-4-5-14(23(13)2)11-22-18(25)15-9-12(19)3-6-16(15)26-8-7-20/h3,6,9,13-14H,4-5,7-8,10-11,20H2,1-2H3,(H,21,24)(H,22,25)/t13-,14+/m1/s1. The molecule has 0 bridgehead atoms. The Balaban J connectivity index is 1.94. The maximum Gasteiger partial charge on any atom is 0.255 e. The number of hydrogen-bond acceptors (Lipinski definition) is 5. The second-order valence-corrected chi connectivity index (χ2v) is 6.42. The number of amides is 2. The highest BCUT2D eigenvalue weighted by Crippen LogP contribution is 2.24. The predicted octanol–water partition coefficient (Wildman–Crippen LogP) is 0.492. The maximum absolute atomic E-state index is 13.5. The molecule has 0 aliphatic carbocycles. The average Bonchev–Trinajstić information content (AvgIpc) is 2.98. The molecule has 4 N–H and O–H groups in total. The normalized spacial score (nSPS) is 20.0. The molecule has 1 saturated heterocycles. The lowest BCUT2D eigenvalue weighted by molar-refractivity contribution is -0.121. The van der Waals surface area contributed by atoms with E-state index in [0.29, 0.717) is 25.3 Å². The first-order valence-electron chi connectivity index (χ1n) is 8.79. The number of hydrogen-bond donors (Lipinski definition) is 3. The number of likely N-dealkylation sites (tertiary alicyclic amines) is 1. The smallest absolute Gasteiger partial charge is 0.255 e. The number of likely N-dealkylation sites (N-methyl/N-ethyl adjacent to an activating group) is 1. The first-order valence-corrected chi connectivity index (χ1v) is 8.79. The van der Waals surface area contributed by atoms with Gasteiger partial charge in [-0.15, -0.1) is 0 Å². The monoisotopic (exact) mass is 366 g/mol. The summed E-state index contributed by atoms with van der Waals surface area (Å²) in [5.41, 5.74) is 5.57. The number of nitrogens with two attached hydrogens (primary N) is 1. The minimum Gasteiger partial charge on any atom is -0.491 e. The first-order chi connectivity index (χ1) is 12.5. The summed E-state index contributed by atoms with van der Waals surface area (Å²) in [5.74, 6) is -0.571. The van der Waals surface area contributed by atoms with Crippen molar-refractivity contribution in [1.82, 2.24) is 15.5 Å². The van der Waals surface area contributed by atoms with Crippen molar-refractivity contribution in [3.8, 4) is 5.75 Å². The van der Waals surface area contributed by atoms with Crippen molar-refractivity contribution in [2.24, 2.45) is 5.73 Å². The van der Waals surface area contributed by atoms with Gasteiger partial charge in [-0.1, -0.05) is 0 Å². The summed E-state index contributed by atoms with van der Waals surface area (Å²) in [6, 6.07) is 4.14. The van der Waals surface area contributed by atoms with Crippen molar-refractivity contribution in [2.75, 3.05) is 33.8 Å². The van der Waals surface area contributed by atoms with Crippen LogP contribution in [0.3, 0.4) is 0 Å². The summed E-state index contributed by atoms with van der Waals surface area (Å²) in [7, 11) is 3.58. The molecule has 8 heteroatoms. The van der Waals surface area contributed by atoms with Crippen molar-refractivity contribution < 1.29 is 18.7 Å². The van der Waals surface area contributed by atoms with Gasteiger partial charge in [0.1, 0.15) is 18.2 Å². The van der Waals surface area contributed by atoms with E-state index >= 15 is 0 Å². The summed E-state index contributed by atoms with van der Waals surface area (Å²) in [6.07, 6.45) is 2.23. The molecule has 1 aromatic rings. The van der Waals surface area contributed by atoms with Crippen LogP contribution in [-0.2, 0) is 4.79 Å². The van der Waals surface area contributed by atoms with E-state index in [2.05, 4.69) is 15.5 Å². The molecule has 1 aliphatic rings. The SMILES string of the molecule is CNC(=O)C[C@H]1CC[C@@H](CNC(=O)c2cc(F)ccc2OCCN)N1C. The second kappa shape index (κ2) is 9.49. The van der Waals surface area contributed by atoms with E-state index in [0.717, 1.165) is 18.9 Å². The van der Waals surface area contributed by atoms with Gasteiger partial charge in [0, 0.05) is 38.6 Å². The molecule has 2 atom stereocenters. The molecule has 0 unspecified atom stereocenters. The third kappa shape index (κ3) is 5.15. The van der Waals surface area contributed by atoms with Crippen LogP contribution in [0.5, 0.6) is 5.75 Å². The van der Waals surface area contributed by atoms with Crippen LogP contribution >= 0.6 is 0 Å². The molecule has 2 rings (SSSR count). The molecule has 1 aliphatic heterocycles. The summed E-state index contributed by atoms with van der Waals surface area (Å²) in [6.45, 7) is 0.975. The molecule has 144 valence electrons. The predicted molar refractivity (Wildman–Crippen MR) is 96.5 cm³/mol. The number of ether oxygens (including phenoxy) is 1. The van der Waals surface area contributed by atoms with Gasteiger partial charge < -0.3 is 21.1 Å². The van der Waals surface area contributed by atoms with Crippen LogP contribution in [-0.4, -0.2) is 62.6 Å². The van der Waals surface area contributed by atoms with E-state index in [1.165, 1.54) is 12.1 Å². The zero-order chi connectivity index (χ0) is 19.1. The number of nitrogens with zero attached hydrogens (tertiary/aromatic N) is 1. The van der Waals surface area contributed by atoms with Gasteiger partial charge in [0.15, 0.2) is 0 Å². The van der Waals surface area contributed by atoms with Gasteiger partial charge in [0.2, 0.25) is 5.91 Å². The zero-order valence-electron chi connectivity index (χ0n) is 15.3. The molecule has 2 amide bonds. The zero-order valence-corrected chi connectivity index (χ0v) is 15.3. The fraction of sp³-hybridized carbons (Fsp3) is 0.556. The van der Waals surface area contributed by atoms with Gasteiger partial charge in [-0.05, 0) is 38.1 Å². The summed E-state index contributed by atoms with van der Waals surface area (Å²) >= 11 is 0. The Hall–Kier alpha value is -2.19. The molecular weight excluding hydrogens is 339 g/mol. The van der Waals surface area contributed by atoms with Gasteiger partial charge in [-0.3, -0.25) is 14.5 Å². The van der Waals surface area contributed by atoms with E-state index in [-0.39, 0.29) is 36.1 Å². The van der Waals surface area contributed by atoms with Crippen LogP contribution < -0.4 is 21.1 Å². The third-order valence-corrected chi connectivity index (χ3v) is 4.74. The number of halogens is 1. The van der Waals surface area contributed by atoms with E-state index in [1.807, 2.05) is 7.05 Å². The van der Waals surface area contributed by atoms with E-state index < -0.39 is 5.82 Å². The molecule has 1 aromatic carbocycles. The number of benzene rings is 1. The Kier molecular flexibility index (Phi) is 7.35. The van der Waals surface area contributed by atoms with E-state index in [4.69, 9.17) is 10.5 Å². The highest BCUT2D eigenvalue weighted by atomic mass is 19.1. The fourth-order valence-corrected chi connectivity index (χ4v) is 3.18. The molecule has 0 aromatic heterocycles. The maximum atomic E-state index is 13.5. The van der Waals surface area contributed by atoms with Crippen molar-refractivity contribution >= 4 is 11.8 Å². The number of carbonyl (C=O) groups excluding carboxylic acids is 2.